The first-order chi connectivity index (χ1) is 17.5. The number of nitrogens with one attached hydrogen (secondary N) is 2. The lowest BCUT2D eigenvalue weighted by atomic mass is 10.0. The van der Waals surface area contributed by atoms with Crippen molar-refractivity contribution in [3.05, 3.63) is 90.6 Å². The quantitative estimate of drug-likeness (QED) is 0.332. The Morgan fingerprint density at radius 3 is 2.78 bits per heavy atom. The molecule has 3 aromatic heterocycles. The molecule has 0 spiro atoms. The van der Waals surface area contributed by atoms with E-state index in [-0.39, 0.29) is 11.9 Å². The summed E-state index contributed by atoms with van der Waals surface area (Å²) in [5, 5.41) is 8.47. The standard InChI is InChI=1S/C28H25N7O/c1-4-6-25(35-17-21(16-32-35)26-24-13-14-29-27(24)31-18-30-26)19-7-5-8-20(15-19)28(36)33-22-9-11-23(12-10-22)34(2)3/h1,5,7-18,25H,6H2,2-3H3,(H,33,36)(H,29,30,31). The number of hydrogen-bond donors (Lipinski definition) is 2. The Hall–Kier alpha value is -4.90. The zero-order valence-corrected chi connectivity index (χ0v) is 20.0. The molecule has 8 nitrogen and oxygen atoms in total. The van der Waals surface area contributed by atoms with Gasteiger partial charge in [0.15, 0.2) is 0 Å². The summed E-state index contributed by atoms with van der Waals surface area (Å²) in [5.41, 5.74) is 5.65. The van der Waals surface area contributed by atoms with Crippen molar-refractivity contribution in [1.82, 2.24) is 24.7 Å². The van der Waals surface area contributed by atoms with Gasteiger partial charge in [-0.3, -0.25) is 9.48 Å². The molecule has 0 aliphatic rings. The van der Waals surface area contributed by atoms with E-state index in [1.165, 1.54) is 6.33 Å². The van der Waals surface area contributed by atoms with Gasteiger partial charge in [0.1, 0.15) is 12.0 Å². The van der Waals surface area contributed by atoms with Crippen LogP contribution in [0, 0.1) is 12.3 Å². The Morgan fingerprint density at radius 1 is 1.17 bits per heavy atom. The second kappa shape index (κ2) is 9.76. The predicted octanol–water partition coefficient (Wildman–Crippen LogP) is 4.75. The highest BCUT2D eigenvalue weighted by Gasteiger charge is 2.18. The van der Waals surface area contributed by atoms with Crippen LogP contribution in [0.2, 0.25) is 0 Å². The highest BCUT2D eigenvalue weighted by Crippen LogP contribution is 2.28. The molecular formula is C28H25N7O. The third kappa shape index (κ3) is 4.55. The van der Waals surface area contributed by atoms with Crippen molar-refractivity contribution < 1.29 is 4.79 Å². The van der Waals surface area contributed by atoms with Gasteiger partial charge in [-0.15, -0.1) is 12.3 Å². The maximum atomic E-state index is 13.0. The number of aromatic amines is 1. The molecule has 5 rings (SSSR count). The fraction of sp³-hybridized carbons (Fsp3) is 0.143. The summed E-state index contributed by atoms with van der Waals surface area (Å²) in [4.78, 5) is 26.8. The van der Waals surface area contributed by atoms with Gasteiger partial charge in [-0.25, -0.2) is 9.97 Å². The number of rotatable bonds is 7. The van der Waals surface area contributed by atoms with Crippen LogP contribution in [0.4, 0.5) is 11.4 Å². The third-order valence-electron chi connectivity index (χ3n) is 6.03. The fourth-order valence-electron chi connectivity index (χ4n) is 4.14. The Balaban J connectivity index is 1.40. The van der Waals surface area contributed by atoms with Gasteiger partial charge in [-0.1, -0.05) is 12.1 Å². The summed E-state index contributed by atoms with van der Waals surface area (Å²) in [5.74, 6) is 2.56. The van der Waals surface area contributed by atoms with Crippen LogP contribution in [0.15, 0.2) is 79.5 Å². The van der Waals surface area contributed by atoms with E-state index in [1.807, 2.05) is 84.6 Å². The minimum Gasteiger partial charge on any atom is -0.378 e. The fourth-order valence-corrected chi connectivity index (χ4v) is 4.14. The molecule has 0 aliphatic carbocycles. The highest BCUT2D eigenvalue weighted by molar-refractivity contribution is 6.04. The molecule has 1 atom stereocenters. The number of nitrogens with zero attached hydrogens (tertiary/aromatic N) is 5. The molecule has 36 heavy (non-hydrogen) atoms. The molecule has 0 saturated heterocycles. The second-order valence-corrected chi connectivity index (χ2v) is 8.62. The zero-order valence-electron chi connectivity index (χ0n) is 20.0. The molecule has 0 bridgehead atoms. The van der Waals surface area contributed by atoms with E-state index >= 15 is 0 Å². The maximum absolute atomic E-state index is 13.0. The van der Waals surface area contributed by atoms with Crippen LogP contribution in [-0.2, 0) is 0 Å². The largest absolute Gasteiger partial charge is 0.378 e. The molecule has 0 radical (unpaired) electrons. The van der Waals surface area contributed by atoms with Crippen molar-refractivity contribution in [2.75, 3.05) is 24.3 Å². The number of carbonyl (C=O) groups is 1. The smallest absolute Gasteiger partial charge is 0.255 e. The molecular weight excluding hydrogens is 450 g/mol. The van der Waals surface area contributed by atoms with Gasteiger partial charge in [-0.2, -0.15) is 5.10 Å². The number of benzene rings is 2. The summed E-state index contributed by atoms with van der Waals surface area (Å²) < 4.78 is 1.83. The van der Waals surface area contributed by atoms with Gasteiger partial charge in [-0.05, 0) is 48.0 Å². The van der Waals surface area contributed by atoms with E-state index in [2.05, 4.69) is 31.3 Å². The minimum absolute atomic E-state index is 0.189. The van der Waals surface area contributed by atoms with Gasteiger partial charge in [0.2, 0.25) is 0 Å². The number of H-pyrrole nitrogens is 1. The van der Waals surface area contributed by atoms with Crippen molar-refractivity contribution in [2.45, 2.75) is 12.5 Å². The normalized spacial score (nSPS) is 11.7. The van der Waals surface area contributed by atoms with Gasteiger partial charge < -0.3 is 15.2 Å². The van der Waals surface area contributed by atoms with Gasteiger partial charge >= 0.3 is 0 Å². The zero-order chi connectivity index (χ0) is 25.1. The van der Waals surface area contributed by atoms with E-state index in [9.17, 15) is 4.79 Å². The molecule has 3 heterocycles. The number of aromatic nitrogens is 5. The lowest BCUT2D eigenvalue weighted by Gasteiger charge is -2.17. The summed E-state index contributed by atoms with van der Waals surface area (Å²) in [6, 6.07) is 16.9. The highest BCUT2D eigenvalue weighted by atomic mass is 16.1. The van der Waals surface area contributed by atoms with Crippen LogP contribution in [0.1, 0.15) is 28.4 Å². The van der Waals surface area contributed by atoms with Gasteiger partial charge in [0.25, 0.3) is 5.91 Å². The van der Waals surface area contributed by atoms with E-state index in [1.54, 1.807) is 12.3 Å². The lowest BCUT2D eigenvalue weighted by molar-refractivity contribution is 0.102. The number of amides is 1. The summed E-state index contributed by atoms with van der Waals surface area (Å²) in [7, 11) is 3.95. The van der Waals surface area contributed by atoms with Crippen LogP contribution in [-0.4, -0.2) is 44.7 Å². The molecule has 5 aromatic rings. The van der Waals surface area contributed by atoms with Crippen molar-refractivity contribution in [2.24, 2.45) is 0 Å². The minimum atomic E-state index is -0.237. The number of terminal acetylenes is 1. The van der Waals surface area contributed by atoms with E-state index in [0.717, 1.165) is 39.2 Å². The Morgan fingerprint density at radius 2 is 2.00 bits per heavy atom. The number of anilines is 2. The monoisotopic (exact) mass is 475 g/mol. The molecule has 8 heteroatoms. The van der Waals surface area contributed by atoms with E-state index < -0.39 is 0 Å². The molecule has 1 amide bonds. The van der Waals surface area contributed by atoms with Crippen LogP contribution in [0.5, 0.6) is 0 Å². The van der Waals surface area contributed by atoms with Gasteiger partial charge in [0.05, 0.1) is 17.9 Å². The van der Waals surface area contributed by atoms with Crippen molar-refractivity contribution in [3.63, 3.8) is 0 Å². The van der Waals surface area contributed by atoms with Crippen LogP contribution in [0.3, 0.4) is 0 Å². The number of hydrogen-bond acceptors (Lipinski definition) is 5. The number of fused-ring (bicyclic) bond motifs is 1. The maximum Gasteiger partial charge on any atom is 0.255 e. The van der Waals surface area contributed by atoms with E-state index in [4.69, 9.17) is 6.42 Å². The first-order valence-electron chi connectivity index (χ1n) is 11.5. The Labute approximate surface area is 209 Å². The molecule has 0 saturated carbocycles. The first-order valence-corrected chi connectivity index (χ1v) is 11.5. The third-order valence-corrected chi connectivity index (χ3v) is 6.03. The molecule has 0 aliphatic heterocycles. The SMILES string of the molecule is C#CCC(c1cccc(C(=O)Nc2ccc(N(C)C)cc2)c1)n1cc(-c2ncnc3[nH]ccc23)cn1. The lowest BCUT2D eigenvalue weighted by Crippen LogP contribution is -2.15. The molecule has 2 N–H and O–H groups in total. The molecule has 2 aromatic carbocycles. The van der Waals surface area contributed by atoms with Crippen molar-refractivity contribution in [1.29, 1.82) is 0 Å². The topological polar surface area (TPSA) is 91.7 Å². The molecule has 178 valence electrons. The molecule has 1 unspecified atom stereocenters. The van der Waals surface area contributed by atoms with Crippen LogP contribution >= 0.6 is 0 Å². The summed E-state index contributed by atoms with van der Waals surface area (Å²) >= 11 is 0. The number of carbonyl (C=O) groups excluding carboxylic acids is 1. The average molecular weight is 476 g/mol. The summed E-state index contributed by atoms with van der Waals surface area (Å²) in [6.07, 6.45) is 13.2. The predicted molar refractivity (Wildman–Crippen MR) is 142 cm³/mol. The van der Waals surface area contributed by atoms with E-state index in [0.29, 0.717) is 12.0 Å². The second-order valence-electron chi connectivity index (χ2n) is 8.62. The van der Waals surface area contributed by atoms with Crippen LogP contribution in [0.25, 0.3) is 22.3 Å². The van der Waals surface area contributed by atoms with Gasteiger partial charge in [0, 0.05) is 60.8 Å². The Bertz CT molecular complexity index is 1560. The summed E-state index contributed by atoms with van der Waals surface area (Å²) in [6.45, 7) is 0. The Kier molecular flexibility index (Phi) is 6.20. The molecule has 0 fully saturated rings. The van der Waals surface area contributed by atoms with Crippen molar-refractivity contribution in [3.8, 4) is 23.6 Å². The average Bonchev–Trinajstić information content (AvgIpc) is 3.57. The van der Waals surface area contributed by atoms with Crippen molar-refractivity contribution >= 4 is 28.3 Å². The van der Waals surface area contributed by atoms with Crippen LogP contribution < -0.4 is 10.2 Å². The first kappa shape index (κ1) is 22.9.